The number of hydrogen-bond acceptors (Lipinski definition) is 5. The van der Waals surface area contributed by atoms with Crippen LogP contribution in [-0.2, 0) is 4.79 Å². The first kappa shape index (κ1) is 15.0. The predicted molar refractivity (Wildman–Crippen MR) is 84.6 cm³/mol. The molecule has 2 aromatic rings. The maximum Gasteiger partial charge on any atom is 0.267 e. The van der Waals surface area contributed by atoms with Crippen molar-refractivity contribution in [1.82, 2.24) is 4.98 Å². The van der Waals surface area contributed by atoms with Gasteiger partial charge in [-0.1, -0.05) is 24.3 Å². The van der Waals surface area contributed by atoms with Crippen LogP contribution in [0.25, 0.3) is 0 Å². The number of carbonyl (C=O) groups is 2. The number of nitrogens with one attached hydrogen (secondary N) is 2. The molecule has 0 aliphatic heterocycles. The van der Waals surface area contributed by atoms with E-state index in [0.717, 1.165) is 11.3 Å². The van der Waals surface area contributed by atoms with E-state index in [2.05, 4.69) is 15.6 Å². The molecule has 0 spiro atoms. The number of aromatic nitrogens is 1. The largest absolute Gasteiger partial charge is 0.375 e. The van der Waals surface area contributed by atoms with Gasteiger partial charge < -0.3 is 16.4 Å². The zero-order valence-corrected chi connectivity index (χ0v) is 12.6. The standard InChI is InChI=1S/C14H16N4O2S/c1-3-11(19)17-9-5-4-6-10(7-9)18-13(20)12-8(2)16-14(15)21-12/h4-7H,3H2,1-2H3,(H2,15,16)(H,17,19)(H,18,20). The molecule has 1 aromatic heterocycles. The van der Waals surface area contributed by atoms with Gasteiger partial charge in [-0.25, -0.2) is 4.98 Å². The van der Waals surface area contributed by atoms with Crippen molar-refractivity contribution in [3.63, 3.8) is 0 Å². The summed E-state index contributed by atoms with van der Waals surface area (Å²) in [5, 5.41) is 5.87. The summed E-state index contributed by atoms with van der Waals surface area (Å²) in [6.07, 6.45) is 0.399. The molecular weight excluding hydrogens is 288 g/mol. The predicted octanol–water partition coefficient (Wildman–Crippen LogP) is 2.63. The molecule has 0 saturated heterocycles. The maximum absolute atomic E-state index is 12.2. The van der Waals surface area contributed by atoms with E-state index in [9.17, 15) is 9.59 Å². The van der Waals surface area contributed by atoms with Crippen molar-refractivity contribution in [2.75, 3.05) is 16.4 Å². The molecule has 0 unspecified atom stereocenters. The number of amides is 2. The number of aryl methyl sites for hydroxylation is 1. The van der Waals surface area contributed by atoms with Gasteiger partial charge in [-0.15, -0.1) is 0 Å². The summed E-state index contributed by atoms with van der Waals surface area (Å²) in [4.78, 5) is 28.0. The van der Waals surface area contributed by atoms with Crippen molar-refractivity contribution in [2.24, 2.45) is 0 Å². The molecule has 2 rings (SSSR count). The molecule has 7 heteroatoms. The Morgan fingerprint density at radius 1 is 1.29 bits per heavy atom. The van der Waals surface area contributed by atoms with Crippen molar-refractivity contribution in [3.05, 3.63) is 34.8 Å². The quantitative estimate of drug-likeness (QED) is 0.809. The number of carbonyl (C=O) groups excluding carboxylic acids is 2. The van der Waals surface area contributed by atoms with Crippen LogP contribution in [0.1, 0.15) is 28.7 Å². The molecule has 0 bridgehead atoms. The van der Waals surface area contributed by atoms with E-state index >= 15 is 0 Å². The highest BCUT2D eigenvalue weighted by atomic mass is 32.1. The van der Waals surface area contributed by atoms with Crippen molar-refractivity contribution in [3.8, 4) is 0 Å². The van der Waals surface area contributed by atoms with Crippen LogP contribution in [-0.4, -0.2) is 16.8 Å². The number of thiazole rings is 1. The monoisotopic (exact) mass is 304 g/mol. The Kier molecular flexibility index (Phi) is 4.54. The molecule has 110 valence electrons. The van der Waals surface area contributed by atoms with Gasteiger partial charge in [0.1, 0.15) is 4.88 Å². The van der Waals surface area contributed by atoms with E-state index in [1.807, 2.05) is 0 Å². The van der Waals surface area contributed by atoms with Crippen molar-refractivity contribution in [1.29, 1.82) is 0 Å². The van der Waals surface area contributed by atoms with Crippen LogP contribution in [0.4, 0.5) is 16.5 Å². The fourth-order valence-electron chi connectivity index (χ4n) is 1.74. The minimum Gasteiger partial charge on any atom is -0.375 e. The Hall–Kier alpha value is -2.41. The average Bonchev–Trinajstić information content (AvgIpc) is 2.78. The van der Waals surface area contributed by atoms with Gasteiger partial charge in [-0.05, 0) is 25.1 Å². The summed E-state index contributed by atoms with van der Waals surface area (Å²) in [5.74, 6) is -0.342. The fourth-order valence-corrected chi connectivity index (χ4v) is 2.47. The van der Waals surface area contributed by atoms with Crippen molar-refractivity contribution in [2.45, 2.75) is 20.3 Å². The lowest BCUT2D eigenvalue weighted by Gasteiger charge is -2.07. The molecule has 2 amide bonds. The van der Waals surface area contributed by atoms with Gasteiger partial charge >= 0.3 is 0 Å². The van der Waals surface area contributed by atoms with E-state index < -0.39 is 0 Å². The van der Waals surface area contributed by atoms with Gasteiger partial charge in [0.15, 0.2) is 5.13 Å². The topological polar surface area (TPSA) is 97.1 Å². The molecule has 0 aliphatic carbocycles. The van der Waals surface area contributed by atoms with Crippen LogP contribution >= 0.6 is 11.3 Å². The van der Waals surface area contributed by atoms with Crippen molar-refractivity contribution < 1.29 is 9.59 Å². The molecule has 0 radical (unpaired) electrons. The molecule has 0 fully saturated rings. The average molecular weight is 304 g/mol. The number of nitrogens with two attached hydrogens (primary N) is 1. The van der Waals surface area contributed by atoms with Crippen LogP contribution in [0, 0.1) is 6.92 Å². The second-order valence-electron chi connectivity index (χ2n) is 4.40. The normalized spacial score (nSPS) is 10.2. The number of rotatable bonds is 4. The minimum atomic E-state index is -0.263. The Labute approximate surface area is 126 Å². The summed E-state index contributed by atoms with van der Waals surface area (Å²) in [6, 6.07) is 6.97. The number of anilines is 3. The van der Waals surface area contributed by atoms with Crippen LogP contribution in [0.5, 0.6) is 0 Å². The lowest BCUT2D eigenvalue weighted by atomic mass is 10.2. The van der Waals surface area contributed by atoms with E-state index in [4.69, 9.17) is 5.73 Å². The first-order chi connectivity index (χ1) is 9.99. The van der Waals surface area contributed by atoms with Crippen LogP contribution in [0.2, 0.25) is 0 Å². The van der Waals surface area contributed by atoms with Crippen LogP contribution in [0.3, 0.4) is 0 Å². The van der Waals surface area contributed by atoms with Gasteiger partial charge in [0.05, 0.1) is 5.69 Å². The molecule has 1 heterocycles. The zero-order chi connectivity index (χ0) is 15.4. The molecule has 0 saturated carbocycles. The maximum atomic E-state index is 12.2. The summed E-state index contributed by atoms with van der Waals surface area (Å²) < 4.78 is 0. The molecular formula is C14H16N4O2S. The lowest BCUT2D eigenvalue weighted by Crippen LogP contribution is -2.13. The molecule has 21 heavy (non-hydrogen) atoms. The first-order valence-corrected chi connectivity index (χ1v) is 7.25. The summed E-state index contributed by atoms with van der Waals surface area (Å²) >= 11 is 1.15. The number of nitrogens with zero attached hydrogens (tertiary/aromatic N) is 1. The third-order valence-corrected chi connectivity index (χ3v) is 3.73. The summed E-state index contributed by atoms with van der Waals surface area (Å²) in [7, 11) is 0. The molecule has 6 nitrogen and oxygen atoms in total. The van der Waals surface area contributed by atoms with Gasteiger partial charge in [-0.3, -0.25) is 9.59 Å². The Balaban J connectivity index is 2.12. The van der Waals surface area contributed by atoms with E-state index in [1.54, 1.807) is 38.1 Å². The molecule has 0 atom stereocenters. The SMILES string of the molecule is CCC(=O)Nc1cccc(NC(=O)c2sc(N)nc2C)c1. The number of nitrogen functional groups attached to an aromatic ring is 1. The Morgan fingerprint density at radius 3 is 2.52 bits per heavy atom. The Bertz CT molecular complexity index is 681. The minimum absolute atomic E-state index is 0.0791. The Morgan fingerprint density at radius 2 is 1.95 bits per heavy atom. The van der Waals surface area contributed by atoms with Crippen LogP contribution < -0.4 is 16.4 Å². The van der Waals surface area contributed by atoms with Gasteiger partial charge in [0.25, 0.3) is 5.91 Å². The second-order valence-corrected chi connectivity index (χ2v) is 5.43. The van der Waals surface area contributed by atoms with Gasteiger partial charge in [-0.2, -0.15) is 0 Å². The van der Waals surface area contributed by atoms with Gasteiger partial charge in [0.2, 0.25) is 5.91 Å². The first-order valence-electron chi connectivity index (χ1n) is 6.43. The zero-order valence-electron chi connectivity index (χ0n) is 11.8. The second kappa shape index (κ2) is 6.36. The fraction of sp³-hybridized carbons (Fsp3) is 0.214. The third kappa shape index (κ3) is 3.79. The van der Waals surface area contributed by atoms with E-state index in [0.29, 0.717) is 33.5 Å². The highest BCUT2D eigenvalue weighted by Crippen LogP contribution is 2.22. The molecule has 1 aromatic carbocycles. The molecule has 0 aliphatic rings. The summed E-state index contributed by atoms with van der Waals surface area (Å²) in [6.45, 7) is 3.51. The van der Waals surface area contributed by atoms with Gasteiger partial charge in [0, 0.05) is 17.8 Å². The lowest BCUT2D eigenvalue weighted by molar-refractivity contribution is -0.115. The van der Waals surface area contributed by atoms with E-state index in [1.165, 1.54) is 0 Å². The third-order valence-electron chi connectivity index (χ3n) is 2.74. The smallest absolute Gasteiger partial charge is 0.267 e. The molecule has 4 N–H and O–H groups in total. The van der Waals surface area contributed by atoms with Crippen molar-refractivity contribution >= 4 is 39.7 Å². The number of hydrogen-bond donors (Lipinski definition) is 3. The highest BCUT2D eigenvalue weighted by Gasteiger charge is 2.14. The van der Waals surface area contributed by atoms with E-state index in [-0.39, 0.29) is 11.8 Å². The number of benzene rings is 1. The van der Waals surface area contributed by atoms with Crippen LogP contribution in [0.15, 0.2) is 24.3 Å². The summed E-state index contributed by atoms with van der Waals surface area (Å²) in [5.41, 5.74) is 7.42. The highest BCUT2D eigenvalue weighted by molar-refractivity contribution is 7.17.